The van der Waals surface area contributed by atoms with Crippen LogP contribution in [0.15, 0.2) is 16.7 Å². The number of furan rings is 1. The van der Waals surface area contributed by atoms with E-state index in [1.54, 1.807) is 6.07 Å². The van der Waals surface area contributed by atoms with E-state index in [0.717, 1.165) is 32.0 Å². The summed E-state index contributed by atoms with van der Waals surface area (Å²) in [5, 5.41) is 3.85. The highest BCUT2D eigenvalue weighted by atomic mass is 35.5. The van der Waals surface area contributed by atoms with E-state index in [1.807, 2.05) is 4.90 Å². The highest BCUT2D eigenvalue weighted by Gasteiger charge is 2.35. The molecule has 0 saturated carbocycles. The first kappa shape index (κ1) is 11.1. The Kier molecular flexibility index (Phi) is 2.84. The topological polar surface area (TPSA) is 45.5 Å². The van der Waals surface area contributed by atoms with E-state index in [0.29, 0.717) is 11.1 Å². The van der Waals surface area contributed by atoms with Gasteiger partial charge in [0.1, 0.15) is 0 Å². The third-order valence-electron chi connectivity index (χ3n) is 3.78. The van der Waals surface area contributed by atoms with Crippen molar-refractivity contribution in [2.75, 3.05) is 19.6 Å². The highest BCUT2D eigenvalue weighted by Crippen LogP contribution is 2.27. The van der Waals surface area contributed by atoms with E-state index in [1.165, 1.54) is 12.7 Å². The Morgan fingerprint density at radius 2 is 2.41 bits per heavy atom. The van der Waals surface area contributed by atoms with Crippen LogP contribution in [0.1, 0.15) is 23.4 Å². The molecule has 4 nitrogen and oxygen atoms in total. The summed E-state index contributed by atoms with van der Waals surface area (Å²) in [6.45, 7) is 2.64. The van der Waals surface area contributed by atoms with Crippen LogP contribution in [0.3, 0.4) is 0 Å². The van der Waals surface area contributed by atoms with Gasteiger partial charge in [0.2, 0.25) is 5.76 Å². The molecule has 2 aliphatic heterocycles. The Bertz CT molecular complexity index is 432. The monoisotopic (exact) mass is 254 g/mol. The Labute approximate surface area is 105 Å². The lowest BCUT2D eigenvalue weighted by molar-refractivity contribution is 0.0637. The predicted molar refractivity (Wildman–Crippen MR) is 64.1 cm³/mol. The van der Waals surface area contributed by atoms with E-state index in [-0.39, 0.29) is 11.7 Å². The molecular weight excluding hydrogens is 240 g/mol. The SMILES string of the molecule is O=C(c1occc1Cl)N1CCC2CCNC2C1. The second-order valence-electron chi connectivity index (χ2n) is 4.75. The molecule has 1 N–H and O–H groups in total. The highest BCUT2D eigenvalue weighted by molar-refractivity contribution is 6.33. The number of hydrogen-bond donors (Lipinski definition) is 1. The van der Waals surface area contributed by atoms with Gasteiger partial charge in [0.15, 0.2) is 0 Å². The van der Waals surface area contributed by atoms with Gasteiger partial charge in [-0.05, 0) is 31.4 Å². The Balaban J connectivity index is 1.73. The summed E-state index contributed by atoms with van der Waals surface area (Å²) >= 11 is 5.91. The summed E-state index contributed by atoms with van der Waals surface area (Å²) < 4.78 is 5.15. The van der Waals surface area contributed by atoms with Gasteiger partial charge in [-0.1, -0.05) is 11.6 Å². The molecular formula is C12H15ClN2O2. The van der Waals surface area contributed by atoms with Crippen LogP contribution in [0.2, 0.25) is 5.02 Å². The summed E-state index contributed by atoms with van der Waals surface area (Å²) in [5.74, 6) is 0.904. The number of halogens is 1. The number of carbonyl (C=O) groups excluding carboxylic acids is 1. The first-order valence-corrected chi connectivity index (χ1v) is 6.39. The molecule has 1 aromatic heterocycles. The minimum absolute atomic E-state index is 0.0906. The number of rotatable bonds is 1. The van der Waals surface area contributed by atoms with Gasteiger partial charge in [0.25, 0.3) is 5.91 Å². The number of nitrogens with one attached hydrogen (secondary N) is 1. The number of amides is 1. The van der Waals surface area contributed by atoms with Gasteiger partial charge in [-0.2, -0.15) is 0 Å². The fourth-order valence-corrected chi connectivity index (χ4v) is 2.98. The smallest absolute Gasteiger partial charge is 0.291 e. The lowest BCUT2D eigenvalue weighted by Gasteiger charge is -2.34. The van der Waals surface area contributed by atoms with E-state index >= 15 is 0 Å². The molecule has 0 radical (unpaired) electrons. The maximum absolute atomic E-state index is 12.2. The lowest BCUT2D eigenvalue weighted by Crippen LogP contribution is -2.48. The van der Waals surface area contributed by atoms with E-state index in [9.17, 15) is 4.79 Å². The maximum atomic E-state index is 12.2. The fourth-order valence-electron chi connectivity index (χ4n) is 2.81. The predicted octanol–water partition coefficient (Wildman–Crippen LogP) is 1.76. The molecule has 17 heavy (non-hydrogen) atoms. The third-order valence-corrected chi connectivity index (χ3v) is 4.07. The van der Waals surface area contributed by atoms with Crippen LogP contribution in [0.5, 0.6) is 0 Å². The minimum atomic E-state index is -0.0906. The summed E-state index contributed by atoms with van der Waals surface area (Å²) in [6, 6.07) is 2.05. The number of nitrogens with zero attached hydrogens (tertiary/aromatic N) is 1. The van der Waals surface area contributed by atoms with Crippen LogP contribution in [0.4, 0.5) is 0 Å². The molecule has 5 heteroatoms. The van der Waals surface area contributed by atoms with Gasteiger partial charge < -0.3 is 14.6 Å². The van der Waals surface area contributed by atoms with E-state index < -0.39 is 0 Å². The van der Waals surface area contributed by atoms with Crippen molar-refractivity contribution in [3.05, 3.63) is 23.1 Å². The van der Waals surface area contributed by atoms with Crippen LogP contribution in [0.25, 0.3) is 0 Å². The molecule has 2 saturated heterocycles. The molecule has 3 rings (SSSR count). The zero-order valence-corrected chi connectivity index (χ0v) is 10.2. The van der Waals surface area contributed by atoms with Crippen molar-refractivity contribution in [1.29, 1.82) is 0 Å². The summed E-state index contributed by atoms with van der Waals surface area (Å²) in [7, 11) is 0. The molecule has 2 atom stereocenters. The number of likely N-dealkylation sites (tertiary alicyclic amines) is 1. The average molecular weight is 255 g/mol. The van der Waals surface area contributed by atoms with Crippen LogP contribution in [-0.2, 0) is 0 Å². The van der Waals surface area contributed by atoms with Crippen molar-refractivity contribution >= 4 is 17.5 Å². The molecule has 3 heterocycles. The zero-order chi connectivity index (χ0) is 11.8. The first-order valence-electron chi connectivity index (χ1n) is 6.01. The van der Waals surface area contributed by atoms with Gasteiger partial charge in [-0.25, -0.2) is 0 Å². The lowest BCUT2D eigenvalue weighted by atomic mass is 9.92. The quantitative estimate of drug-likeness (QED) is 0.831. The minimum Gasteiger partial charge on any atom is -0.458 e. The maximum Gasteiger partial charge on any atom is 0.291 e. The van der Waals surface area contributed by atoms with E-state index in [2.05, 4.69) is 5.32 Å². The number of hydrogen-bond acceptors (Lipinski definition) is 3. The molecule has 1 amide bonds. The van der Waals surface area contributed by atoms with Crippen LogP contribution in [-0.4, -0.2) is 36.5 Å². The van der Waals surface area contributed by atoms with Crippen molar-refractivity contribution in [2.24, 2.45) is 5.92 Å². The number of piperidine rings is 1. The second kappa shape index (κ2) is 4.35. The third kappa shape index (κ3) is 1.96. The van der Waals surface area contributed by atoms with Crippen molar-refractivity contribution in [1.82, 2.24) is 10.2 Å². The molecule has 92 valence electrons. The fraction of sp³-hybridized carbons (Fsp3) is 0.583. The van der Waals surface area contributed by atoms with Crippen LogP contribution in [0, 0.1) is 5.92 Å². The summed E-state index contributed by atoms with van der Waals surface area (Å²) in [4.78, 5) is 14.0. The molecule has 0 aromatic carbocycles. The number of fused-ring (bicyclic) bond motifs is 1. The average Bonchev–Trinajstić information content (AvgIpc) is 2.95. The molecule has 2 fully saturated rings. The molecule has 2 unspecified atom stereocenters. The first-order chi connectivity index (χ1) is 8.25. The van der Waals surface area contributed by atoms with Crippen molar-refractivity contribution in [3.63, 3.8) is 0 Å². The summed E-state index contributed by atoms with van der Waals surface area (Å²) in [5.41, 5.74) is 0. The van der Waals surface area contributed by atoms with E-state index in [4.69, 9.17) is 16.0 Å². The molecule has 2 aliphatic rings. The van der Waals surface area contributed by atoms with Gasteiger partial charge >= 0.3 is 0 Å². The van der Waals surface area contributed by atoms with Crippen LogP contribution < -0.4 is 5.32 Å². The Hall–Kier alpha value is -1.00. The molecule has 0 spiro atoms. The summed E-state index contributed by atoms with van der Waals surface area (Å²) in [6.07, 6.45) is 3.76. The molecule has 0 aliphatic carbocycles. The Morgan fingerprint density at radius 1 is 1.53 bits per heavy atom. The molecule has 0 bridgehead atoms. The zero-order valence-electron chi connectivity index (χ0n) is 9.49. The molecule has 1 aromatic rings. The van der Waals surface area contributed by atoms with Crippen molar-refractivity contribution in [2.45, 2.75) is 18.9 Å². The van der Waals surface area contributed by atoms with Gasteiger partial charge in [0.05, 0.1) is 11.3 Å². The van der Waals surface area contributed by atoms with Crippen molar-refractivity contribution in [3.8, 4) is 0 Å². The van der Waals surface area contributed by atoms with Crippen molar-refractivity contribution < 1.29 is 9.21 Å². The normalized spacial score (nSPS) is 28.2. The largest absolute Gasteiger partial charge is 0.458 e. The van der Waals surface area contributed by atoms with Gasteiger partial charge in [0, 0.05) is 19.1 Å². The second-order valence-corrected chi connectivity index (χ2v) is 5.15. The standard InChI is InChI=1S/C12H15ClN2O2/c13-9-3-6-17-11(9)12(16)15-5-2-8-1-4-14-10(8)7-15/h3,6,8,10,14H,1-2,4-5,7H2. The van der Waals surface area contributed by atoms with Gasteiger partial charge in [-0.3, -0.25) is 4.79 Å². The van der Waals surface area contributed by atoms with Crippen LogP contribution >= 0.6 is 11.6 Å². The Morgan fingerprint density at radius 3 is 3.18 bits per heavy atom. The van der Waals surface area contributed by atoms with Gasteiger partial charge in [-0.15, -0.1) is 0 Å². The number of carbonyl (C=O) groups is 1.